The highest BCUT2D eigenvalue weighted by Crippen LogP contribution is 2.42. The number of aryl methyl sites for hydroxylation is 1. The van der Waals surface area contributed by atoms with Gasteiger partial charge < -0.3 is 19.6 Å². The maximum atomic E-state index is 13.6. The smallest absolute Gasteiger partial charge is 0.264 e. The Balaban J connectivity index is 1.35. The highest BCUT2D eigenvalue weighted by molar-refractivity contribution is 7.90. The third-order valence-electron chi connectivity index (χ3n) is 11.3. The van der Waals surface area contributed by atoms with Crippen molar-refractivity contribution >= 4 is 33.2 Å². The molecule has 3 heterocycles. The number of hydrogen-bond donors (Lipinski definition) is 2. The van der Waals surface area contributed by atoms with E-state index in [1.165, 1.54) is 12.0 Å². The van der Waals surface area contributed by atoms with Gasteiger partial charge in [-0.05, 0) is 137 Å². The quantitative estimate of drug-likeness (QED) is 0.374. The van der Waals surface area contributed by atoms with Crippen LogP contribution < -0.4 is 14.4 Å². The van der Waals surface area contributed by atoms with Gasteiger partial charge in [-0.1, -0.05) is 31.0 Å². The van der Waals surface area contributed by atoms with Crippen LogP contribution in [0.15, 0.2) is 36.4 Å². The summed E-state index contributed by atoms with van der Waals surface area (Å²) >= 11 is 6.35. The number of aliphatic hydroxyl groups is 1. The molecule has 2 bridgehead atoms. The largest absolute Gasteiger partial charge is 0.487 e. The number of carbonyl (C=O) groups is 1. The topological polar surface area (TPSA) is 99.2 Å². The van der Waals surface area contributed by atoms with E-state index < -0.39 is 27.3 Å². The van der Waals surface area contributed by atoms with E-state index in [0.717, 1.165) is 82.4 Å². The average molecular weight is 672 g/mol. The molecule has 0 radical (unpaired) electrons. The summed E-state index contributed by atoms with van der Waals surface area (Å²) in [5.41, 5.74) is 3.35. The molecule has 1 saturated carbocycles. The van der Waals surface area contributed by atoms with Crippen LogP contribution in [0.4, 0.5) is 5.69 Å². The molecule has 252 valence electrons. The van der Waals surface area contributed by atoms with Crippen LogP contribution >= 0.6 is 11.6 Å². The summed E-state index contributed by atoms with van der Waals surface area (Å²) in [5, 5.41) is 11.7. The highest BCUT2D eigenvalue weighted by atomic mass is 35.5. The van der Waals surface area contributed by atoms with Gasteiger partial charge in [0.1, 0.15) is 12.4 Å². The first kappa shape index (κ1) is 33.6. The van der Waals surface area contributed by atoms with Gasteiger partial charge in [-0.15, -0.1) is 0 Å². The maximum Gasteiger partial charge on any atom is 0.264 e. The van der Waals surface area contributed by atoms with Crippen molar-refractivity contribution in [2.75, 3.05) is 31.1 Å². The van der Waals surface area contributed by atoms with Crippen LogP contribution in [-0.4, -0.2) is 67.9 Å². The van der Waals surface area contributed by atoms with Gasteiger partial charge in [0, 0.05) is 29.7 Å². The Labute approximate surface area is 279 Å². The van der Waals surface area contributed by atoms with E-state index in [-0.39, 0.29) is 17.9 Å². The summed E-state index contributed by atoms with van der Waals surface area (Å²) < 4.78 is 36.0. The van der Waals surface area contributed by atoms with E-state index in [2.05, 4.69) is 14.5 Å². The number of hydrogen-bond acceptors (Lipinski definition) is 7. The summed E-state index contributed by atoms with van der Waals surface area (Å²) in [6, 6.07) is 11.3. The number of fused-ring (bicyclic) bond motifs is 3. The number of anilines is 1. The third kappa shape index (κ3) is 7.53. The normalized spacial score (nSPS) is 31.2. The molecule has 1 aliphatic carbocycles. The standard InChI is InChI=1S/C36H50ClN3O5S/c1-24-18-31(39-15-5-3-6-16-39)21-34(41)32-13-10-28(32)22-40-17-7-4-8-26-19-30(37)12-9-29(26)23-45-35-14-11-27(20-33(35)40)36(42)38-46(43,44)25(24)2/h9,11-12,14,19-20,24-25,28,31-32,34,41H,3-8,10,13,15-18,21-23H2,1-2H3,(H,38,42)/t24-,25+,28-,31-,32+,34+/m0/s1. The molecule has 46 heavy (non-hydrogen) atoms. The minimum atomic E-state index is -3.95. The van der Waals surface area contributed by atoms with E-state index in [0.29, 0.717) is 41.7 Å². The van der Waals surface area contributed by atoms with Crippen LogP contribution in [0.3, 0.4) is 0 Å². The first-order chi connectivity index (χ1) is 22.1. The lowest BCUT2D eigenvalue weighted by Crippen LogP contribution is -2.49. The fraction of sp³-hybridized carbons (Fsp3) is 0.639. The molecule has 6 atom stereocenters. The molecule has 6 rings (SSSR count). The summed E-state index contributed by atoms with van der Waals surface area (Å²) in [6.45, 7) is 7.52. The number of nitrogens with zero attached hydrogens (tertiary/aromatic N) is 2. The van der Waals surface area contributed by atoms with Crippen molar-refractivity contribution in [3.8, 4) is 5.75 Å². The van der Waals surface area contributed by atoms with Crippen LogP contribution in [0, 0.1) is 17.8 Å². The van der Waals surface area contributed by atoms with Crippen molar-refractivity contribution in [2.45, 2.75) is 102 Å². The van der Waals surface area contributed by atoms with Gasteiger partial charge in [-0.2, -0.15) is 0 Å². The van der Waals surface area contributed by atoms with Crippen molar-refractivity contribution in [3.05, 3.63) is 58.1 Å². The highest BCUT2D eigenvalue weighted by Gasteiger charge is 2.40. The zero-order valence-electron chi connectivity index (χ0n) is 27.3. The molecule has 2 aromatic rings. The van der Waals surface area contributed by atoms with Crippen molar-refractivity contribution in [1.82, 2.24) is 9.62 Å². The maximum absolute atomic E-state index is 13.6. The van der Waals surface area contributed by atoms with E-state index in [4.69, 9.17) is 16.3 Å². The van der Waals surface area contributed by atoms with Crippen LogP contribution in [0.2, 0.25) is 5.02 Å². The molecule has 8 nitrogen and oxygen atoms in total. The number of benzene rings is 2. The molecular weight excluding hydrogens is 622 g/mol. The van der Waals surface area contributed by atoms with Gasteiger partial charge in [0.2, 0.25) is 10.0 Å². The second-order valence-electron chi connectivity index (χ2n) is 14.2. The van der Waals surface area contributed by atoms with Gasteiger partial charge in [-0.3, -0.25) is 4.79 Å². The first-order valence-electron chi connectivity index (χ1n) is 17.4. The van der Waals surface area contributed by atoms with Gasteiger partial charge in [0.25, 0.3) is 5.91 Å². The Morgan fingerprint density at radius 1 is 0.935 bits per heavy atom. The Hall–Kier alpha value is -2.33. The minimum absolute atomic E-state index is 0.105. The summed E-state index contributed by atoms with van der Waals surface area (Å²) in [7, 11) is -3.95. The van der Waals surface area contributed by atoms with Crippen LogP contribution in [0.5, 0.6) is 5.75 Å². The third-order valence-corrected chi connectivity index (χ3v) is 13.4. The average Bonchev–Trinajstić information content (AvgIpc) is 3.05. The molecule has 4 aliphatic rings. The SMILES string of the molecule is C[C@@H]1[C@@H](C)C[C@H](N2CCCCC2)C[C@@H](O)[C@@H]2CC[C@H]2CN2CCCCc3cc(Cl)ccc3COc3ccc(cc32)C(=O)NS1(=O)=O. The number of ether oxygens (including phenoxy) is 1. The number of halogens is 1. The molecular formula is C36H50ClN3O5S. The molecule has 10 heteroatoms. The Morgan fingerprint density at radius 2 is 1.72 bits per heavy atom. The van der Waals surface area contributed by atoms with E-state index in [9.17, 15) is 18.3 Å². The minimum Gasteiger partial charge on any atom is -0.487 e. The lowest BCUT2D eigenvalue weighted by Gasteiger charge is -2.45. The zero-order chi connectivity index (χ0) is 32.4. The summed E-state index contributed by atoms with van der Waals surface area (Å²) in [4.78, 5) is 18.4. The van der Waals surface area contributed by atoms with Crippen LogP contribution in [-0.2, 0) is 23.1 Å². The van der Waals surface area contributed by atoms with Gasteiger partial charge in [0.15, 0.2) is 0 Å². The molecule has 0 spiro atoms. The molecule has 2 N–H and O–H groups in total. The second-order valence-corrected chi connectivity index (χ2v) is 16.7. The van der Waals surface area contributed by atoms with Crippen LogP contribution in [0.1, 0.15) is 93.1 Å². The molecule has 1 amide bonds. The zero-order valence-corrected chi connectivity index (χ0v) is 28.9. The number of rotatable bonds is 1. The summed E-state index contributed by atoms with van der Waals surface area (Å²) in [5.74, 6) is 0.369. The first-order valence-corrected chi connectivity index (χ1v) is 19.3. The van der Waals surface area contributed by atoms with Gasteiger partial charge >= 0.3 is 0 Å². The van der Waals surface area contributed by atoms with Gasteiger partial charge in [0.05, 0.1) is 17.0 Å². The molecule has 0 aromatic heterocycles. The van der Waals surface area contributed by atoms with E-state index in [1.807, 2.05) is 25.1 Å². The van der Waals surface area contributed by atoms with Crippen molar-refractivity contribution < 1.29 is 23.1 Å². The number of nitrogens with one attached hydrogen (secondary N) is 1. The monoisotopic (exact) mass is 671 g/mol. The predicted octanol–water partition coefficient (Wildman–Crippen LogP) is 6.18. The number of likely N-dealkylation sites (tertiary alicyclic amines) is 1. The van der Waals surface area contributed by atoms with E-state index >= 15 is 0 Å². The molecule has 2 aromatic carbocycles. The Bertz CT molecular complexity index is 1500. The molecule has 2 fully saturated rings. The number of piperidine rings is 1. The second kappa shape index (κ2) is 14.4. The van der Waals surface area contributed by atoms with E-state index in [1.54, 1.807) is 25.1 Å². The molecule has 3 aliphatic heterocycles. The van der Waals surface area contributed by atoms with Crippen molar-refractivity contribution in [3.63, 3.8) is 0 Å². The molecule has 0 unspecified atom stereocenters. The number of aliphatic hydroxyl groups excluding tert-OH is 1. The number of amides is 1. The Morgan fingerprint density at radius 3 is 2.48 bits per heavy atom. The van der Waals surface area contributed by atoms with Crippen LogP contribution in [0.25, 0.3) is 0 Å². The lowest BCUT2D eigenvalue weighted by molar-refractivity contribution is -0.0126. The van der Waals surface area contributed by atoms with Crippen molar-refractivity contribution in [1.29, 1.82) is 0 Å². The van der Waals surface area contributed by atoms with Gasteiger partial charge in [-0.25, -0.2) is 13.1 Å². The number of sulfonamides is 1. The summed E-state index contributed by atoms with van der Waals surface area (Å²) in [6.07, 6.45) is 9.20. The lowest BCUT2D eigenvalue weighted by atomic mass is 9.68. The fourth-order valence-corrected chi connectivity index (χ4v) is 9.51. The Kier molecular flexibility index (Phi) is 10.5. The fourth-order valence-electron chi connectivity index (χ4n) is 8.03. The number of carbonyl (C=O) groups excluding carboxylic acids is 1. The van der Waals surface area contributed by atoms with Crippen molar-refractivity contribution in [2.24, 2.45) is 17.8 Å². The molecule has 1 saturated heterocycles. The predicted molar refractivity (Wildman–Crippen MR) is 183 cm³/mol.